The zero-order valence-corrected chi connectivity index (χ0v) is 14.9. The molecule has 3 rings (SSSR count). The molecule has 2 amide bonds. The van der Waals surface area contributed by atoms with Crippen LogP contribution < -0.4 is 10.2 Å². The molecule has 2 heterocycles. The summed E-state index contributed by atoms with van der Waals surface area (Å²) in [5.74, 6) is -0.452. The molecule has 0 saturated carbocycles. The fraction of sp³-hybridized carbons (Fsp3) is 0.350. The average molecular weight is 353 g/mol. The molecule has 1 aliphatic rings. The van der Waals surface area contributed by atoms with Crippen LogP contribution in [0.3, 0.4) is 0 Å². The van der Waals surface area contributed by atoms with Gasteiger partial charge in [0, 0.05) is 37.1 Å². The Morgan fingerprint density at radius 2 is 2.08 bits per heavy atom. The van der Waals surface area contributed by atoms with Gasteiger partial charge in [0.05, 0.1) is 6.10 Å². The van der Waals surface area contributed by atoms with Gasteiger partial charge in [-0.2, -0.15) is 0 Å². The lowest BCUT2D eigenvalue weighted by atomic mass is 10.1. The molecule has 1 saturated heterocycles. The molecule has 1 unspecified atom stereocenters. The second-order valence-corrected chi connectivity index (χ2v) is 6.16. The van der Waals surface area contributed by atoms with Crippen LogP contribution in [-0.2, 0) is 4.74 Å². The van der Waals surface area contributed by atoms with Crippen LogP contribution in [0, 0.1) is 0 Å². The molecule has 6 nitrogen and oxygen atoms in total. The van der Waals surface area contributed by atoms with Crippen molar-refractivity contribution in [1.82, 2.24) is 10.3 Å². The van der Waals surface area contributed by atoms with Crippen molar-refractivity contribution >= 4 is 17.5 Å². The number of para-hydroxylation sites is 1. The number of ether oxygens (including phenoxy) is 1. The summed E-state index contributed by atoms with van der Waals surface area (Å²) in [6.45, 7) is 3.65. The normalized spacial score (nSPS) is 16.3. The van der Waals surface area contributed by atoms with Crippen LogP contribution in [0.2, 0.25) is 0 Å². The number of hydrogen-bond acceptors (Lipinski definition) is 4. The van der Waals surface area contributed by atoms with Crippen molar-refractivity contribution in [3.05, 3.63) is 59.9 Å². The summed E-state index contributed by atoms with van der Waals surface area (Å²) in [7, 11) is 0. The summed E-state index contributed by atoms with van der Waals surface area (Å²) < 4.78 is 5.51. The number of benzene rings is 1. The zero-order chi connectivity index (χ0) is 18.4. The third kappa shape index (κ3) is 4.26. The standard InChI is InChI=1S/C20H23N3O3/c1-2-23(16-7-4-3-5-8-16)20(25)18-13-15(10-11-21-18)19(24)22-14-17-9-6-12-26-17/h3-5,7-8,10-11,13,17H,2,6,9,12,14H2,1H3,(H,22,24). The van der Waals surface area contributed by atoms with Crippen molar-refractivity contribution < 1.29 is 14.3 Å². The van der Waals surface area contributed by atoms with Crippen LogP contribution >= 0.6 is 0 Å². The van der Waals surface area contributed by atoms with E-state index in [0.29, 0.717) is 18.7 Å². The van der Waals surface area contributed by atoms with Gasteiger partial charge in [-0.3, -0.25) is 14.6 Å². The molecule has 0 aliphatic carbocycles. The monoisotopic (exact) mass is 353 g/mol. The first-order valence-corrected chi connectivity index (χ1v) is 8.92. The molecule has 0 spiro atoms. The molecule has 26 heavy (non-hydrogen) atoms. The Morgan fingerprint density at radius 1 is 1.27 bits per heavy atom. The number of carbonyl (C=O) groups excluding carboxylic acids is 2. The fourth-order valence-corrected chi connectivity index (χ4v) is 2.99. The van der Waals surface area contributed by atoms with E-state index < -0.39 is 0 Å². The molecule has 6 heteroatoms. The molecule has 1 aromatic heterocycles. The van der Waals surface area contributed by atoms with E-state index in [9.17, 15) is 9.59 Å². The molecule has 1 N–H and O–H groups in total. The Hall–Kier alpha value is -2.73. The Labute approximate surface area is 153 Å². The highest BCUT2D eigenvalue weighted by atomic mass is 16.5. The third-order valence-corrected chi connectivity index (χ3v) is 4.38. The first kappa shape index (κ1) is 18.1. The van der Waals surface area contributed by atoms with Crippen LogP contribution in [0.4, 0.5) is 5.69 Å². The Balaban J connectivity index is 1.71. The molecule has 1 atom stereocenters. The molecule has 136 valence electrons. The molecule has 0 radical (unpaired) electrons. The maximum Gasteiger partial charge on any atom is 0.276 e. The van der Waals surface area contributed by atoms with Crippen LogP contribution in [0.5, 0.6) is 0 Å². The molecular formula is C20H23N3O3. The van der Waals surface area contributed by atoms with Gasteiger partial charge in [0.2, 0.25) is 0 Å². The number of nitrogens with one attached hydrogen (secondary N) is 1. The summed E-state index contributed by atoms with van der Waals surface area (Å²) in [6, 6.07) is 12.6. The van der Waals surface area contributed by atoms with E-state index in [-0.39, 0.29) is 23.6 Å². The minimum Gasteiger partial charge on any atom is -0.376 e. The lowest BCUT2D eigenvalue weighted by molar-refractivity contribution is 0.0857. The quantitative estimate of drug-likeness (QED) is 0.867. The SMILES string of the molecule is CCN(C(=O)c1cc(C(=O)NCC2CCCO2)ccn1)c1ccccc1. The number of amides is 2. The molecule has 1 aliphatic heterocycles. The van der Waals surface area contributed by atoms with Crippen LogP contribution in [0.1, 0.15) is 40.6 Å². The molecule has 2 aromatic rings. The van der Waals surface area contributed by atoms with E-state index in [1.54, 1.807) is 17.0 Å². The van der Waals surface area contributed by atoms with Gasteiger partial charge < -0.3 is 15.0 Å². The van der Waals surface area contributed by atoms with Crippen LogP contribution in [-0.4, -0.2) is 42.6 Å². The van der Waals surface area contributed by atoms with E-state index in [2.05, 4.69) is 10.3 Å². The summed E-state index contributed by atoms with van der Waals surface area (Å²) >= 11 is 0. The number of hydrogen-bond donors (Lipinski definition) is 1. The van der Waals surface area contributed by atoms with Crippen LogP contribution in [0.25, 0.3) is 0 Å². The van der Waals surface area contributed by atoms with E-state index in [1.807, 2.05) is 37.3 Å². The lowest BCUT2D eigenvalue weighted by Crippen LogP contribution is -2.33. The number of rotatable bonds is 6. The predicted molar refractivity (Wildman–Crippen MR) is 99.3 cm³/mol. The van der Waals surface area contributed by atoms with Gasteiger partial charge in [-0.1, -0.05) is 18.2 Å². The maximum atomic E-state index is 12.8. The summed E-state index contributed by atoms with van der Waals surface area (Å²) in [6.07, 6.45) is 3.56. The van der Waals surface area contributed by atoms with Gasteiger partial charge in [0.15, 0.2) is 0 Å². The number of anilines is 1. The second kappa shape index (κ2) is 8.58. The van der Waals surface area contributed by atoms with Crippen molar-refractivity contribution in [1.29, 1.82) is 0 Å². The van der Waals surface area contributed by atoms with Gasteiger partial charge in [-0.25, -0.2) is 0 Å². The highest BCUT2D eigenvalue weighted by molar-refractivity contribution is 6.06. The second-order valence-electron chi connectivity index (χ2n) is 6.16. The topological polar surface area (TPSA) is 71.5 Å². The fourth-order valence-electron chi connectivity index (χ4n) is 2.99. The van der Waals surface area contributed by atoms with Crippen molar-refractivity contribution in [2.24, 2.45) is 0 Å². The van der Waals surface area contributed by atoms with Crippen molar-refractivity contribution in [3.63, 3.8) is 0 Å². The summed E-state index contributed by atoms with van der Waals surface area (Å²) in [5.41, 5.74) is 1.47. The highest BCUT2D eigenvalue weighted by Crippen LogP contribution is 2.16. The largest absolute Gasteiger partial charge is 0.376 e. The first-order valence-electron chi connectivity index (χ1n) is 8.92. The van der Waals surface area contributed by atoms with Gasteiger partial charge in [0.1, 0.15) is 5.69 Å². The number of carbonyl (C=O) groups is 2. The van der Waals surface area contributed by atoms with E-state index in [1.165, 1.54) is 6.20 Å². The zero-order valence-electron chi connectivity index (χ0n) is 14.9. The van der Waals surface area contributed by atoms with Crippen molar-refractivity contribution in [3.8, 4) is 0 Å². The van der Waals surface area contributed by atoms with Crippen molar-refractivity contribution in [2.45, 2.75) is 25.9 Å². The third-order valence-electron chi connectivity index (χ3n) is 4.38. The Kier molecular flexibility index (Phi) is 5.96. The van der Waals surface area contributed by atoms with Gasteiger partial charge in [-0.15, -0.1) is 0 Å². The molecule has 0 bridgehead atoms. The summed E-state index contributed by atoms with van der Waals surface area (Å²) in [4.78, 5) is 31.0. The molecule has 1 aromatic carbocycles. The lowest BCUT2D eigenvalue weighted by Gasteiger charge is -2.20. The van der Waals surface area contributed by atoms with E-state index in [0.717, 1.165) is 25.1 Å². The molecular weight excluding hydrogens is 330 g/mol. The van der Waals surface area contributed by atoms with Gasteiger partial charge >= 0.3 is 0 Å². The number of aromatic nitrogens is 1. The minimum atomic E-state index is -0.229. The minimum absolute atomic E-state index is 0.0792. The van der Waals surface area contributed by atoms with Gasteiger partial charge in [-0.05, 0) is 44.0 Å². The smallest absolute Gasteiger partial charge is 0.276 e. The van der Waals surface area contributed by atoms with E-state index in [4.69, 9.17) is 4.74 Å². The summed E-state index contributed by atoms with van der Waals surface area (Å²) in [5, 5.41) is 2.87. The van der Waals surface area contributed by atoms with E-state index >= 15 is 0 Å². The van der Waals surface area contributed by atoms with Crippen molar-refractivity contribution in [2.75, 3.05) is 24.6 Å². The van der Waals surface area contributed by atoms with Crippen LogP contribution in [0.15, 0.2) is 48.7 Å². The Bertz CT molecular complexity index is 758. The average Bonchev–Trinajstić information content (AvgIpc) is 3.21. The van der Waals surface area contributed by atoms with Gasteiger partial charge in [0.25, 0.3) is 11.8 Å². The molecule has 1 fully saturated rings. The Morgan fingerprint density at radius 3 is 2.77 bits per heavy atom. The highest BCUT2D eigenvalue weighted by Gasteiger charge is 2.20. The predicted octanol–water partition coefficient (Wildman–Crippen LogP) is 2.66. The number of pyridine rings is 1. The first-order chi connectivity index (χ1) is 12.7. The number of nitrogens with zero attached hydrogens (tertiary/aromatic N) is 2. The maximum absolute atomic E-state index is 12.8.